The predicted molar refractivity (Wildman–Crippen MR) is 71.5 cm³/mol. The van der Waals surface area contributed by atoms with Gasteiger partial charge in [0.1, 0.15) is 0 Å². The van der Waals surface area contributed by atoms with Crippen LogP contribution in [0.4, 0.5) is 5.95 Å². The van der Waals surface area contributed by atoms with E-state index in [1.165, 1.54) is 4.57 Å². The third-order valence-electron chi connectivity index (χ3n) is 2.85. The van der Waals surface area contributed by atoms with Gasteiger partial charge in [0.05, 0.1) is 6.61 Å². The molecule has 19 heavy (non-hydrogen) atoms. The Hall–Kier alpha value is -2.09. The second-order valence-electron chi connectivity index (χ2n) is 4.23. The summed E-state index contributed by atoms with van der Waals surface area (Å²) in [4.78, 5) is 30.0. The molecule has 0 atom stereocenters. The predicted octanol–water partition coefficient (Wildman–Crippen LogP) is -0.762. The standard InChI is InChI=1S/C11H17N5O3/c1-3-5-16-7-8(13-10(16)12-4-6-17)15(2)11(19)14-9(7)18/h17H,3-6H2,1-2H3,(H,12,13)(H,14,18,19). The fourth-order valence-corrected chi connectivity index (χ4v) is 1.98. The number of aliphatic hydroxyl groups excluding tert-OH is 1. The number of hydrogen-bond acceptors (Lipinski definition) is 5. The molecule has 0 spiro atoms. The van der Waals surface area contributed by atoms with E-state index in [-0.39, 0.29) is 6.61 Å². The highest BCUT2D eigenvalue weighted by molar-refractivity contribution is 5.74. The number of aryl methyl sites for hydroxylation is 2. The molecular weight excluding hydrogens is 250 g/mol. The second-order valence-corrected chi connectivity index (χ2v) is 4.23. The van der Waals surface area contributed by atoms with Crippen LogP contribution in [0.3, 0.4) is 0 Å². The summed E-state index contributed by atoms with van der Waals surface area (Å²) in [5.41, 5.74) is -0.240. The van der Waals surface area contributed by atoms with Gasteiger partial charge in [-0.1, -0.05) is 6.92 Å². The lowest BCUT2D eigenvalue weighted by molar-refractivity contribution is 0.310. The number of aromatic nitrogens is 4. The van der Waals surface area contributed by atoms with Gasteiger partial charge in [-0.15, -0.1) is 0 Å². The molecule has 0 aromatic carbocycles. The monoisotopic (exact) mass is 267 g/mol. The summed E-state index contributed by atoms with van der Waals surface area (Å²) < 4.78 is 3.02. The van der Waals surface area contributed by atoms with E-state index in [0.29, 0.717) is 30.2 Å². The highest BCUT2D eigenvalue weighted by atomic mass is 16.3. The van der Waals surface area contributed by atoms with Crippen LogP contribution in [-0.2, 0) is 13.6 Å². The van der Waals surface area contributed by atoms with Crippen LogP contribution in [0.25, 0.3) is 11.2 Å². The molecule has 0 radical (unpaired) electrons. The summed E-state index contributed by atoms with van der Waals surface area (Å²) in [6.45, 7) is 2.88. The molecule has 0 bridgehead atoms. The summed E-state index contributed by atoms with van der Waals surface area (Å²) in [6, 6.07) is 0. The van der Waals surface area contributed by atoms with E-state index < -0.39 is 11.2 Å². The van der Waals surface area contributed by atoms with Gasteiger partial charge < -0.3 is 15.0 Å². The van der Waals surface area contributed by atoms with Crippen LogP contribution in [0, 0.1) is 0 Å². The Morgan fingerprint density at radius 2 is 2.16 bits per heavy atom. The summed E-state index contributed by atoms with van der Waals surface area (Å²) >= 11 is 0. The van der Waals surface area contributed by atoms with Gasteiger partial charge in [-0.2, -0.15) is 4.98 Å². The number of imidazole rings is 1. The van der Waals surface area contributed by atoms with Crippen molar-refractivity contribution in [1.29, 1.82) is 0 Å². The molecule has 2 heterocycles. The zero-order valence-electron chi connectivity index (χ0n) is 10.9. The first-order valence-electron chi connectivity index (χ1n) is 6.14. The van der Waals surface area contributed by atoms with Gasteiger partial charge in [-0.25, -0.2) is 4.79 Å². The molecule has 0 fully saturated rings. The molecule has 0 aliphatic rings. The zero-order chi connectivity index (χ0) is 14.0. The number of rotatable bonds is 5. The van der Waals surface area contributed by atoms with Gasteiger partial charge in [-0.05, 0) is 6.42 Å². The number of nitrogens with one attached hydrogen (secondary N) is 2. The van der Waals surface area contributed by atoms with E-state index >= 15 is 0 Å². The quantitative estimate of drug-likeness (QED) is 0.660. The Kier molecular flexibility index (Phi) is 3.70. The van der Waals surface area contributed by atoms with E-state index in [1.807, 2.05) is 6.92 Å². The van der Waals surface area contributed by atoms with Crippen LogP contribution in [0.15, 0.2) is 9.59 Å². The molecule has 2 aromatic rings. The van der Waals surface area contributed by atoms with Crippen LogP contribution >= 0.6 is 0 Å². The van der Waals surface area contributed by atoms with E-state index in [1.54, 1.807) is 11.6 Å². The van der Waals surface area contributed by atoms with E-state index in [9.17, 15) is 9.59 Å². The first kappa shape index (κ1) is 13.3. The molecule has 0 aliphatic carbocycles. The molecule has 8 heteroatoms. The SMILES string of the molecule is CCCn1c(NCCO)nc2c1c(=O)[nH]c(=O)n2C. The van der Waals surface area contributed by atoms with Crippen molar-refractivity contribution >= 4 is 17.1 Å². The Labute approximate surface area is 108 Å². The number of H-pyrrole nitrogens is 1. The average molecular weight is 267 g/mol. The van der Waals surface area contributed by atoms with Gasteiger partial charge in [-0.3, -0.25) is 14.3 Å². The van der Waals surface area contributed by atoms with Crippen molar-refractivity contribution in [2.75, 3.05) is 18.5 Å². The Bertz CT molecular complexity index is 697. The van der Waals surface area contributed by atoms with Crippen molar-refractivity contribution in [1.82, 2.24) is 19.1 Å². The van der Waals surface area contributed by atoms with Crippen molar-refractivity contribution in [3.05, 3.63) is 20.8 Å². The molecular formula is C11H17N5O3. The first-order chi connectivity index (χ1) is 9.10. The molecule has 0 amide bonds. The second kappa shape index (κ2) is 5.27. The lowest BCUT2D eigenvalue weighted by atomic mass is 10.4. The molecule has 3 N–H and O–H groups in total. The normalized spacial score (nSPS) is 11.1. The molecule has 0 saturated heterocycles. The minimum atomic E-state index is -0.493. The van der Waals surface area contributed by atoms with E-state index in [4.69, 9.17) is 5.11 Å². The number of aromatic amines is 1. The molecule has 0 saturated carbocycles. The smallest absolute Gasteiger partial charge is 0.329 e. The third kappa shape index (κ3) is 2.26. The Morgan fingerprint density at radius 1 is 1.42 bits per heavy atom. The highest BCUT2D eigenvalue weighted by Gasteiger charge is 2.16. The lowest BCUT2D eigenvalue weighted by Gasteiger charge is -2.07. The zero-order valence-corrected chi connectivity index (χ0v) is 10.9. The largest absolute Gasteiger partial charge is 0.395 e. The molecule has 104 valence electrons. The third-order valence-corrected chi connectivity index (χ3v) is 2.85. The van der Waals surface area contributed by atoms with Crippen LogP contribution in [0.5, 0.6) is 0 Å². The van der Waals surface area contributed by atoms with Crippen molar-refractivity contribution < 1.29 is 5.11 Å². The number of hydrogen-bond donors (Lipinski definition) is 3. The van der Waals surface area contributed by atoms with Crippen LogP contribution in [0.2, 0.25) is 0 Å². The number of anilines is 1. The van der Waals surface area contributed by atoms with Crippen LogP contribution < -0.4 is 16.6 Å². The van der Waals surface area contributed by atoms with Crippen LogP contribution in [0.1, 0.15) is 13.3 Å². The fourth-order valence-electron chi connectivity index (χ4n) is 1.98. The summed E-state index contributed by atoms with van der Waals surface area (Å²) in [5, 5.41) is 11.8. The van der Waals surface area contributed by atoms with Crippen molar-refractivity contribution in [3.63, 3.8) is 0 Å². The van der Waals surface area contributed by atoms with Crippen molar-refractivity contribution in [3.8, 4) is 0 Å². The molecule has 2 aromatic heterocycles. The van der Waals surface area contributed by atoms with Gasteiger partial charge in [0, 0.05) is 20.1 Å². The fraction of sp³-hybridized carbons (Fsp3) is 0.545. The number of aliphatic hydroxyl groups is 1. The molecule has 0 unspecified atom stereocenters. The Morgan fingerprint density at radius 3 is 2.79 bits per heavy atom. The minimum absolute atomic E-state index is 0.0371. The minimum Gasteiger partial charge on any atom is -0.395 e. The van der Waals surface area contributed by atoms with Gasteiger partial charge >= 0.3 is 5.69 Å². The summed E-state index contributed by atoms with van der Waals surface area (Å²) in [5.74, 6) is 0.484. The average Bonchev–Trinajstić information content (AvgIpc) is 2.74. The van der Waals surface area contributed by atoms with Crippen molar-refractivity contribution in [2.24, 2.45) is 7.05 Å². The molecule has 8 nitrogen and oxygen atoms in total. The van der Waals surface area contributed by atoms with Gasteiger partial charge in [0.25, 0.3) is 5.56 Å². The van der Waals surface area contributed by atoms with Crippen molar-refractivity contribution in [2.45, 2.75) is 19.9 Å². The van der Waals surface area contributed by atoms with Crippen LogP contribution in [-0.4, -0.2) is 37.4 Å². The lowest BCUT2D eigenvalue weighted by Crippen LogP contribution is -2.29. The number of fused-ring (bicyclic) bond motifs is 1. The highest BCUT2D eigenvalue weighted by Crippen LogP contribution is 2.15. The maximum atomic E-state index is 11.9. The molecule has 2 rings (SSSR count). The van der Waals surface area contributed by atoms with E-state index in [2.05, 4.69) is 15.3 Å². The summed E-state index contributed by atoms with van der Waals surface area (Å²) in [6.07, 6.45) is 0.821. The topological polar surface area (TPSA) is 105 Å². The molecule has 0 aliphatic heterocycles. The number of nitrogens with zero attached hydrogens (tertiary/aromatic N) is 3. The van der Waals surface area contributed by atoms with Gasteiger partial charge in [0.2, 0.25) is 5.95 Å². The maximum Gasteiger partial charge on any atom is 0.329 e. The van der Waals surface area contributed by atoms with Gasteiger partial charge in [0.15, 0.2) is 11.2 Å². The maximum absolute atomic E-state index is 11.9. The Balaban J connectivity index is 2.73. The first-order valence-corrected chi connectivity index (χ1v) is 6.14. The summed E-state index contributed by atoms with van der Waals surface area (Å²) in [7, 11) is 1.56. The van der Waals surface area contributed by atoms with E-state index in [0.717, 1.165) is 6.42 Å².